The highest BCUT2D eigenvalue weighted by molar-refractivity contribution is 7.84. The summed E-state index contributed by atoms with van der Waals surface area (Å²) in [6, 6.07) is 0. The molecule has 0 aromatic carbocycles. The summed E-state index contributed by atoms with van der Waals surface area (Å²) in [7, 11) is -4.06. The molecule has 0 bridgehead atoms. The van der Waals surface area contributed by atoms with E-state index in [1.807, 2.05) is 0 Å². The van der Waals surface area contributed by atoms with E-state index in [9.17, 15) is 18.0 Å². The summed E-state index contributed by atoms with van der Waals surface area (Å²) in [6.07, 6.45) is 8.94. The Hall–Kier alpha value is -1.25. The molecule has 174 valence electrons. The van der Waals surface area contributed by atoms with Crippen LogP contribution in [-0.2, 0) is 28.8 Å². The quantitative estimate of drug-likeness (QED) is 0.505. The largest absolute Gasteiger partial charge is 0.462 e. The lowest BCUT2D eigenvalue weighted by Crippen LogP contribution is -2.54. The molecule has 4 aliphatic rings. The van der Waals surface area contributed by atoms with Crippen molar-refractivity contribution in [2.24, 2.45) is 39.6 Å². The highest BCUT2D eigenvalue weighted by atomic mass is 32.2. The number of carbonyl (C=O) groups excluding carboxylic acids is 2. The minimum Gasteiger partial charge on any atom is -0.462 e. The Balaban J connectivity index is 1.67. The van der Waals surface area contributed by atoms with Crippen LogP contribution in [0.2, 0.25) is 0 Å². The van der Waals surface area contributed by atoms with Crippen LogP contribution in [0, 0.1) is 34.5 Å². The van der Waals surface area contributed by atoms with E-state index in [-0.39, 0.29) is 35.9 Å². The molecule has 7 atom stereocenters. The molecular formula is C23H35NO6S. The smallest absolute Gasteiger partial charge is 0.333 e. The molecule has 8 heteroatoms. The molecule has 3 fully saturated rings. The second-order valence-electron chi connectivity index (χ2n) is 10.5. The van der Waals surface area contributed by atoms with Crippen LogP contribution in [0.5, 0.6) is 0 Å². The fourth-order valence-corrected chi connectivity index (χ4v) is 8.26. The number of rotatable bonds is 5. The number of ether oxygens (including phenoxy) is 1. The summed E-state index contributed by atoms with van der Waals surface area (Å²) in [4.78, 5) is 23.8. The van der Waals surface area contributed by atoms with Crippen molar-refractivity contribution in [3.8, 4) is 0 Å². The molecule has 0 unspecified atom stereocenters. The number of carbonyl (C=O) groups is 2. The fraction of sp³-hybridized carbons (Fsp3) is 0.826. The maximum absolute atomic E-state index is 12.3. The molecule has 0 aromatic heterocycles. The molecule has 3 saturated carbocycles. The van der Waals surface area contributed by atoms with Gasteiger partial charge < -0.3 is 4.74 Å². The first kappa shape index (κ1) is 22.9. The van der Waals surface area contributed by atoms with Crippen molar-refractivity contribution in [1.82, 2.24) is 0 Å². The van der Waals surface area contributed by atoms with Gasteiger partial charge in [-0.15, -0.1) is 0 Å². The Labute approximate surface area is 185 Å². The van der Waals surface area contributed by atoms with Gasteiger partial charge in [0.2, 0.25) is 0 Å². The molecule has 31 heavy (non-hydrogen) atoms. The summed E-state index contributed by atoms with van der Waals surface area (Å²) in [5, 5.41) is 5.21. The molecule has 7 nitrogen and oxygen atoms in total. The summed E-state index contributed by atoms with van der Waals surface area (Å²) < 4.78 is 34.1. The summed E-state index contributed by atoms with van der Waals surface area (Å²) in [6.45, 7) is 5.48. The lowest BCUT2D eigenvalue weighted by atomic mass is 9.47. The van der Waals surface area contributed by atoms with Gasteiger partial charge in [0.25, 0.3) is 0 Å². The first-order valence-corrected chi connectivity index (χ1v) is 13.0. The maximum atomic E-state index is 12.3. The Morgan fingerprint density at radius 1 is 1.13 bits per heavy atom. The maximum Gasteiger partial charge on any atom is 0.333 e. The monoisotopic (exact) mass is 453 g/mol. The summed E-state index contributed by atoms with van der Waals surface area (Å²) in [5.41, 5.74) is 0.774. The Kier molecular flexibility index (Phi) is 5.88. The number of hydrogen-bond donors (Lipinski definition) is 1. The third kappa shape index (κ3) is 4.00. The van der Waals surface area contributed by atoms with E-state index < -0.39 is 15.7 Å². The van der Waals surface area contributed by atoms with Gasteiger partial charge in [-0.3, -0.25) is 13.8 Å². The van der Waals surface area contributed by atoms with E-state index in [2.05, 4.69) is 13.0 Å². The summed E-state index contributed by atoms with van der Waals surface area (Å²) >= 11 is 0. The number of ketones is 1. The highest BCUT2D eigenvalue weighted by Crippen LogP contribution is 2.66. The van der Waals surface area contributed by atoms with Gasteiger partial charge in [-0.1, -0.05) is 18.6 Å². The van der Waals surface area contributed by atoms with Crippen LogP contribution in [0.15, 0.2) is 11.6 Å². The van der Waals surface area contributed by atoms with Crippen LogP contribution < -0.4 is 5.14 Å². The standard InChI is InChI=1S/C23H35NO6S/c1-14(25)19-6-7-20-18-5-4-16-12-17(30-15(2)26)8-11-23(16,13-29-31(24,27)28)21(18)9-10-22(19,20)3/h4,17-21H,5-13H2,1-3H3,(H2,24,27,28)/t17-,18-,19+,20-,21-,22+,23+/m0/s1. The number of fused-ring (bicyclic) bond motifs is 5. The van der Waals surface area contributed by atoms with Crippen LogP contribution in [-0.4, -0.2) is 32.9 Å². The van der Waals surface area contributed by atoms with Gasteiger partial charge in [0.15, 0.2) is 0 Å². The van der Waals surface area contributed by atoms with Gasteiger partial charge in [-0.2, -0.15) is 8.42 Å². The zero-order valence-electron chi connectivity index (χ0n) is 18.8. The number of Topliss-reactive ketones (excluding diaryl/α,β-unsaturated/α-hetero) is 1. The molecule has 4 rings (SSSR count). The van der Waals surface area contributed by atoms with E-state index in [0.717, 1.165) is 37.7 Å². The molecule has 2 N–H and O–H groups in total. The zero-order chi connectivity index (χ0) is 22.6. The van der Waals surface area contributed by atoms with Gasteiger partial charge in [-0.05, 0) is 75.0 Å². The fourth-order valence-electron chi connectivity index (χ4n) is 7.88. The van der Waals surface area contributed by atoms with Crippen LogP contribution >= 0.6 is 0 Å². The van der Waals surface area contributed by atoms with Crippen molar-refractivity contribution in [1.29, 1.82) is 0 Å². The second-order valence-corrected chi connectivity index (χ2v) is 11.7. The van der Waals surface area contributed by atoms with Crippen molar-refractivity contribution in [2.45, 2.75) is 78.2 Å². The average Bonchev–Trinajstić information content (AvgIpc) is 3.03. The predicted molar refractivity (Wildman–Crippen MR) is 115 cm³/mol. The van der Waals surface area contributed by atoms with Gasteiger partial charge in [0.1, 0.15) is 11.9 Å². The van der Waals surface area contributed by atoms with Crippen LogP contribution in [0.1, 0.15) is 72.1 Å². The average molecular weight is 454 g/mol. The van der Waals surface area contributed by atoms with Crippen molar-refractivity contribution >= 4 is 22.1 Å². The number of nitrogens with two attached hydrogens (primary N) is 1. The van der Waals surface area contributed by atoms with Gasteiger partial charge in [0.05, 0.1) is 6.61 Å². The molecule has 0 amide bonds. The molecule has 0 saturated heterocycles. The summed E-state index contributed by atoms with van der Waals surface area (Å²) in [5.74, 6) is 1.28. The third-order valence-electron chi connectivity index (χ3n) is 9.09. The molecule has 0 radical (unpaired) electrons. The lowest BCUT2D eigenvalue weighted by molar-refractivity contribution is -0.149. The first-order chi connectivity index (χ1) is 14.5. The van der Waals surface area contributed by atoms with E-state index in [1.54, 1.807) is 6.92 Å². The van der Waals surface area contributed by atoms with Crippen molar-refractivity contribution < 1.29 is 26.9 Å². The Bertz CT molecular complexity index is 898. The molecular weight excluding hydrogens is 418 g/mol. The highest BCUT2D eigenvalue weighted by Gasteiger charge is 2.60. The second kappa shape index (κ2) is 7.96. The lowest BCUT2D eigenvalue weighted by Gasteiger charge is -2.58. The Morgan fingerprint density at radius 2 is 1.87 bits per heavy atom. The van der Waals surface area contributed by atoms with E-state index in [4.69, 9.17) is 14.1 Å². The third-order valence-corrected chi connectivity index (χ3v) is 9.53. The molecule has 0 spiro atoms. The number of allylic oxidation sites excluding steroid dienone is 1. The molecule has 0 aliphatic heterocycles. The zero-order valence-corrected chi connectivity index (χ0v) is 19.6. The van der Waals surface area contributed by atoms with Crippen molar-refractivity contribution in [3.05, 3.63) is 11.6 Å². The predicted octanol–water partition coefficient (Wildman–Crippen LogP) is 3.29. The van der Waals surface area contributed by atoms with Crippen LogP contribution in [0.4, 0.5) is 0 Å². The van der Waals surface area contributed by atoms with E-state index in [0.29, 0.717) is 36.9 Å². The first-order valence-electron chi connectivity index (χ1n) is 11.5. The molecule has 0 heterocycles. The van der Waals surface area contributed by atoms with E-state index >= 15 is 0 Å². The van der Waals surface area contributed by atoms with Crippen molar-refractivity contribution in [3.63, 3.8) is 0 Å². The minimum atomic E-state index is -4.06. The Morgan fingerprint density at radius 3 is 2.52 bits per heavy atom. The number of esters is 1. The molecule has 0 aromatic rings. The van der Waals surface area contributed by atoms with Gasteiger partial charge in [-0.25, -0.2) is 5.14 Å². The van der Waals surface area contributed by atoms with Crippen LogP contribution in [0.3, 0.4) is 0 Å². The van der Waals surface area contributed by atoms with Crippen LogP contribution in [0.25, 0.3) is 0 Å². The topological polar surface area (TPSA) is 113 Å². The number of hydrogen-bond acceptors (Lipinski definition) is 6. The minimum absolute atomic E-state index is 0.0231. The van der Waals surface area contributed by atoms with E-state index in [1.165, 1.54) is 6.92 Å². The molecule has 4 aliphatic carbocycles. The van der Waals surface area contributed by atoms with Crippen molar-refractivity contribution in [2.75, 3.05) is 6.61 Å². The van der Waals surface area contributed by atoms with Gasteiger partial charge >= 0.3 is 16.3 Å². The normalized spacial score (nSPS) is 42.1. The van der Waals surface area contributed by atoms with Gasteiger partial charge in [0, 0.05) is 24.7 Å². The SMILES string of the molecule is CC(=O)O[C@H]1CC[C@@]2(COS(N)(=O)=O)C(=CC[C@@H]3[C@@H]2CC[C@]2(C)[C@@H](C(C)=O)CC[C@@H]32)C1.